The Bertz CT molecular complexity index is 2190. The number of anilines is 1. The smallest absolute Gasteiger partial charge is 0.228 e. The fourth-order valence-electron chi connectivity index (χ4n) is 6.49. The van der Waals surface area contributed by atoms with Crippen LogP contribution in [-0.2, 0) is 5.41 Å². The van der Waals surface area contributed by atoms with Gasteiger partial charge in [0.1, 0.15) is 11.4 Å². The van der Waals surface area contributed by atoms with Crippen molar-refractivity contribution in [2.45, 2.75) is 25.0 Å². The summed E-state index contributed by atoms with van der Waals surface area (Å²) in [6, 6.07) is 32.3. The van der Waals surface area contributed by atoms with Crippen LogP contribution in [-0.4, -0.2) is 19.0 Å². The van der Waals surface area contributed by atoms with Crippen LogP contribution in [0.1, 0.15) is 49.4 Å². The summed E-state index contributed by atoms with van der Waals surface area (Å²) in [5, 5.41) is 4.35. The largest absolute Gasteiger partial charge is 0.459 e. The van der Waals surface area contributed by atoms with Crippen LogP contribution in [0.3, 0.4) is 0 Å². The molecule has 0 N–H and O–H groups in total. The second-order valence-corrected chi connectivity index (χ2v) is 15.4. The quantitative estimate of drug-likeness (QED) is 0.179. The van der Waals surface area contributed by atoms with Crippen molar-refractivity contribution < 1.29 is 4.74 Å². The maximum atomic E-state index is 6.87. The van der Waals surface area contributed by atoms with Crippen LogP contribution >= 0.6 is 34.0 Å². The highest BCUT2D eigenvalue weighted by Crippen LogP contribution is 2.54. The van der Waals surface area contributed by atoms with Gasteiger partial charge in [-0.1, -0.05) is 48.5 Å². The number of para-hydroxylation sites is 1. The molecule has 0 bridgehead atoms. The minimum Gasteiger partial charge on any atom is -0.459 e. The number of thiophene rings is 3. The van der Waals surface area contributed by atoms with Crippen LogP contribution in [0.25, 0.3) is 47.2 Å². The highest BCUT2D eigenvalue weighted by molar-refractivity contribution is 7.14. The molecule has 6 heteroatoms. The number of benzene rings is 3. The summed E-state index contributed by atoms with van der Waals surface area (Å²) in [4.78, 5) is 13.5. The Morgan fingerprint density at radius 1 is 0.696 bits per heavy atom. The minimum absolute atomic E-state index is 0.268. The molecule has 8 rings (SSSR count). The molecule has 1 atom stereocenters. The van der Waals surface area contributed by atoms with E-state index in [9.17, 15) is 0 Å². The zero-order chi connectivity index (χ0) is 31.3. The van der Waals surface area contributed by atoms with Crippen LogP contribution in [0, 0.1) is 0 Å². The van der Waals surface area contributed by atoms with Crippen molar-refractivity contribution in [3.8, 4) is 5.75 Å². The van der Waals surface area contributed by atoms with Gasteiger partial charge >= 0.3 is 0 Å². The van der Waals surface area contributed by atoms with E-state index >= 15 is 0 Å². The van der Waals surface area contributed by atoms with E-state index in [1.54, 1.807) is 34.0 Å². The Hall–Kier alpha value is -4.49. The highest BCUT2D eigenvalue weighted by atomic mass is 32.1. The lowest BCUT2D eigenvalue weighted by molar-refractivity contribution is 0.0826. The molecular formula is C40H32N2OS3. The van der Waals surface area contributed by atoms with Gasteiger partial charge in [0.05, 0.1) is 11.6 Å². The summed E-state index contributed by atoms with van der Waals surface area (Å²) in [5.41, 5.74) is 3.56. The van der Waals surface area contributed by atoms with E-state index in [1.165, 1.54) is 35.6 Å². The van der Waals surface area contributed by atoms with E-state index in [0.717, 1.165) is 27.8 Å². The molecule has 0 saturated heterocycles. The normalized spacial score (nSPS) is 18.4. The number of ether oxygens (including phenoxy) is 1. The van der Waals surface area contributed by atoms with E-state index in [0.29, 0.717) is 0 Å². The fourth-order valence-corrected chi connectivity index (χ4v) is 8.75. The van der Waals surface area contributed by atoms with Gasteiger partial charge in [0.2, 0.25) is 5.72 Å². The lowest BCUT2D eigenvalue weighted by atomic mass is 9.77. The van der Waals surface area contributed by atoms with Crippen LogP contribution in [0.2, 0.25) is 0 Å². The molecule has 3 aromatic carbocycles. The van der Waals surface area contributed by atoms with Crippen molar-refractivity contribution in [3.63, 3.8) is 0 Å². The number of hydrogen-bond donors (Lipinski definition) is 0. The molecular weight excluding hydrogens is 621 g/mol. The summed E-state index contributed by atoms with van der Waals surface area (Å²) >= 11 is 5.35. The summed E-state index contributed by atoms with van der Waals surface area (Å²) in [6.07, 6.45) is 15.2. The van der Waals surface area contributed by atoms with Gasteiger partial charge in [-0.3, -0.25) is 4.99 Å². The first kappa shape index (κ1) is 28.9. The molecule has 0 fully saturated rings. The summed E-state index contributed by atoms with van der Waals surface area (Å²) in [5.74, 6) is 0.818. The Balaban J connectivity index is 0.974. The molecule has 1 unspecified atom stereocenters. The van der Waals surface area contributed by atoms with Crippen molar-refractivity contribution in [2.24, 2.45) is 4.99 Å². The van der Waals surface area contributed by atoms with Gasteiger partial charge in [-0.25, -0.2) is 0 Å². The SMILES string of the molecule is CN1c2ccccc2C(C)(C)C12C=Nc1c(ccc3cc(/C=C/c4ccc(/C=C/c5ccc(/C=C/c6cccs6)s5)s4)ccc13)O2. The molecule has 3 aromatic heterocycles. The van der Waals surface area contributed by atoms with Crippen LogP contribution in [0.4, 0.5) is 11.4 Å². The minimum atomic E-state index is -0.678. The summed E-state index contributed by atoms with van der Waals surface area (Å²) in [7, 11) is 2.10. The number of likely N-dealkylation sites (N-methyl/N-ethyl adjacent to an activating group) is 1. The van der Waals surface area contributed by atoms with Crippen LogP contribution in [0.5, 0.6) is 5.75 Å². The first-order valence-electron chi connectivity index (χ1n) is 15.3. The van der Waals surface area contributed by atoms with Crippen molar-refractivity contribution in [3.05, 3.63) is 132 Å². The monoisotopic (exact) mass is 652 g/mol. The van der Waals surface area contributed by atoms with E-state index in [1.807, 2.05) is 6.21 Å². The molecule has 0 saturated carbocycles. The van der Waals surface area contributed by atoms with Crippen molar-refractivity contribution >= 4 is 98.8 Å². The molecule has 3 nitrogen and oxygen atoms in total. The number of aliphatic imine (C=N–C) groups is 1. The highest BCUT2D eigenvalue weighted by Gasteiger charge is 2.58. The van der Waals surface area contributed by atoms with Crippen LogP contribution in [0.15, 0.2) is 101 Å². The van der Waals surface area contributed by atoms with Gasteiger partial charge in [0.25, 0.3) is 0 Å². The number of rotatable bonds is 6. The molecule has 226 valence electrons. The van der Waals surface area contributed by atoms with Gasteiger partial charge in [-0.2, -0.15) is 0 Å². The van der Waals surface area contributed by atoms with E-state index in [-0.39, 0.29) is 5.41 Å². The summed E-state index contributed by atoms with van der Waals surface area (Å²) in [6.45, 7) is 4.48. The maximum Gasteiger partial charge on any atom is 0.228 e. The lowest BCUT2D eigenvalue weighted by Gasteiger charge is -2.45. The molecule has 2 aliphatic heterocycles. The molecule has 0 radical (unpaired) electrons. The average molecular weight is 653 g/mol. The zero-order valence-corrected chi connectivity index (χ0v) is 28.3. The van der Waals surface area contributed by atoms with E-state index in [2.05, 4.69) is 159 Å². The topological polar surface area (TPSA) is 24.8 Å². The second kappa shape index (κ2) is 11.4. The second-order valence-electron chi connectivity index (χ2n) is 12.1. The Labute approximate surface area is 281 Å². The number of nitrogens with zero attached hydrogens (tertiary/aromatic N) is 2. The van der Waals surface area contributed by atoms with Gasteiger partial charge in [0.15, 0.2) is 0 Å². The van der Waals surface area contributed by atoms with Crippen molar-refractivity contribution in [2.75, 3.05) is 11.9 Å². The van der Waals surface area contributed by atoms with Gasteiger partial charge in [0, 0.05) is 42.5 Å². The molecule has 0 aliphatic carbocycles. The Kier molecular flexibility index (Phi) is 7.17. The summed E-state index contributed by atoms with van der Waals surface area (Å²) < 4.78 is 6.87. The van der Waals surface area contributed by atoms with Gasteiger partial charge < -0.3 is 9.64 Å². The molecule has 5 heterocycles. The third-order valence-corrected chi connectivity index (χ3v) is 11.9. The van der Waals surface area contributed by atoms with E-state index < -0.39 is 5.72 Å². The first-order valence-corrected chi connectivity index (χ1v) is 17.8. The molecule has 1 spiro atoms. The third-order valence-electron chi connectivity index (χ3n) is 9.05. The number of hydrogen-bond acceptors (Lipinski definition) is 6. The van der Waals surface area contributed by atoms with Gasteiger partial charge in [-0.05, 0) is 115 Å². The lowest BCUT2D eigenvalue weighted by Crippen LogP contribution is -2.61. The Morgan fingerprint density at radius 3 is 2.04 bits per heavy atom. The Morgan fingerprint density at radius 2 is 1.37 bits per heavy atom. The predicted octanol–water partition coefficient (Wildman–Crippen LogP) is 11.8. The average Bonchev–Trinajstić information content (AvgIpc) is 3.89. The van der Waals surface area contributed by atoms with Gasteiger partial charge in [-0.15, -0.1) is 34.0 Å². The van der Waals surface area contributed by atoms with Crippen molar-refractivity contribution in [1.82, 2.24) is 0 Å². The molecule has 2 aliphatic rings. The molecule has 0 amide bonds. The first-order chi connectivity index (χ1) is 22.4. The van der Waals surface area contributed by atoms with Crippen molar-refractivity contribution in [1.29, 1.82) is 0 Å². The molecule has 6 aromatic rings. The standard InChI is InChI=1S/C40H32N2OS3/c1-39(2)35-8-4-5-9-36(35)42(3)40(39)26-41-38-34-22-11-27(25-28(34)12-23-37(38)43-40)10-13-30-16-17-32(45-30)20-21-33-19-18-31(46-33)15-14-29-7-6-24-44-29/h4-26H,1-3H3/b13-10+,15-14+,21-20+. The molecule has 46 heavy (non-hydrogen) atoms. The number of fused-ring (bicyclic) bond motifs is 4. The predicted molar refractivity (Wildman–Crippen MR) is 203 cm³/mol. The van der Waals surface area contributed by atoms with E-state index in [4.69, 9.17) is 9.73 Å². The van der Waals surface area contributed by atoms with Crippen LogP contribution < -0.4 is 9.64 Å². The maximum absolute atomic E-state index is 6.87. The fraction of sp³-hybridized carbons (Fsp3) is 0.125. The third kappa shape index (κ3) is 4.98. The zero-order valence-electron chi connectivity index (χ0n) is 25.8.